The van der Waals surface area contributed by atoms with Crippen LogP contribution in [0, 0.1) is 5.92 Å². The lowest BCUT2D eigenvalue weighted by Crippen LogP contribution is -2.44. The molecule has 7 nitrogen and oxygen atoms in total. The van der Waals surface area contributed by atoms with Crippen molar-refractivity contribution in [2.45, 2.75) is 32.1 Å². The van der Waals surface area contributed by atoms with Crippen LogP contribution in [0.5, 0.6) is 0 Å². The Morgan fingerprint density at radius 2 is 2.05 bits per heavy atom. The number of hydrazine groups is 1. The SMILES string of the molecule is O=C(NNC(=O)C1CC/C=C\CCC1)c1cn[nH]n1. The van der Waals surface area contributed by atoms with Crippen LogP contribution >= 0.6 is 0 Å². The van der Waals surface area contributed by atoms with E-state index in [1.54, 1.807) is 0 Å². The molecule has 1 aliphatic rings. The summed E-state index contributed by atoms with van der Waals surface area (Å²) in [5.41, 5.74) is 4.92. The minimum Gasteiger partial charge on any atom is -0.273 e. The minimum atomic E-state index is -0.479. The van der Waals surface area contributed by atoms with Crippen LogP contribution in [0.3, 0.4) is 0 Å². The van der Waals surface area contributed by atoms with Crippen molar-refractivity contribution in [3.8, 4) is 0 Å². The maximum atomic E-state index is 11.9. The van der Waals surface area contributed by atoms with Crippen LogP contribution in [0.1, 0.15) is 42.6 Å². The summed E-state index contributed by atoms with van der Waals surface area (Å²) in [6.07, 6.45) is 10.1. The van der Waals surface area contributed by atoms with Crippen molar-refractivity contribution in [3.63, 3.8) is 0 Å². The van der Waals surface area contributed by atoms with Crippen LogP contribution in [0.4, 0.5) is 0 Å². The normalized spacial score (nSPS) is 20.9. The molecule has 19 heavy (non-hydrogen) atoms. The second-order valence-electron chi connectivity index (χ2n) is 4.48. The van der Waals surface area contributed by atoms with Gasteiger partial charge in [-0.15, -0.1) is 0 Å². The predicted octanol–water partition coefficient (Wildman–Crippen LogP) is 0.702. The first-order valence-corrected chi connectivity index (χ1v) is 6.38. The van der Waals surface area contributed by atoms with Gasteiger partial charge in [-0.05, 0) is 32.1 Å². The molecule has 0 radical (unpaired) electrons. The number of allylic oxidation sites excluding steroid dienone is 2. The molecular formula is C12H17N5O2. The zero-order valence-electron chi connectivity index (χ0n) is 10.6. The van der Waals surface area contributed by atoms with Gasteiger partial charge in [0.2, 0.25) is 5.91 Å². The van der Waals surface area contributed by atoms with E-state index in [4.69, 9.17) is 0 Å². The van der Waals surface area contributed by atoms with E-state index in [9.17, 15) is 9.59 Å². The van der Waals surface area contributed by atoms with Crippen molar-refractivity contribution in [1.82, 2.24) is 26.3 Å². The highest BCUT2D eigenvalue weighted by molar-refractivity contribution is 5.93. The summed E-state index contributed by atoms with van der Waals surface area (Å²) < 4.78 is 0. The van der Waals surface area contributed by atoms with Gasteiger partial charge in [-0.1, -0.05) is 12.2 Å². The lowest BCUT2D eigenvalue weighted by atomic mass is 9.93. The summed E-state index contributed by atoms with van der Waals surface area (Å²) in [7, 11) is 0. The smallest absolute Gasteiger partial charge is 0.273 e. The number of carbonyl (C=O) groups is 2. The molecule has 2 amide bonds. The van der Waals surface area contributed by atoms with E-state index < -0.39 is 5.91 Å². The first kappa shape index (κ1) is 13.3. The quantitative estimate of drug-likeness (QED) is 0.540. The Morgan fingerprint density at radius 3 is 2.84 bits per heavy atom. The molecule has 0 saturated heterocycles. The molecule has 0 fully saturated rings. The molecule has 0 spiro atoms. The Labute approximate surface area is 110 Å². The molecular weight excluding hydrogens is 246 g/mol. The highest BCUT2D eigenvalue weighted by atomic mass is 16.2. The number of hydrogen-bond acceptors (Lipinski definition) is 4. The van der Waals surface area contributed by atoms with E-state index >= 15 is 0 Å². The van der Waals surface area contributed by atoms with Gasteiger partial charge in [0.25, 0.3) is 5.91 Å². The number of carbonyl (C=O) groups excluding carboxylic acids is 2. The highest BCUT2D eigenvalue weighted by Gasteiger charge is 2.19. The monoisotopic (exact) mass is 263 g/mol. The maximum absolute atomic E-state index is 11.9. The second kappa shape index (κ2) is 6.67. The summed E-state index contributed by atoms with van der Waals surface area (Å²) >= 11 is 0. The third-order valence-corrected chi connectivity index (χ3v) is 3.09. The topological polar surface area (TPSA) is 99.8 Å². The van der Waals surface area contributed by atoms with Gasteiger partial charge in [-0.3, -0.25) is 20.4 Å². The van der Waals surface area contributed by atoms with Gasteiger partial charge >= 0.3 is 0 Å². The van der Waals surface area contributed by atoms with Gasteiger partial charge in [0.15, 0.2) is 5.69 Å². The molecule has 1 atom stereocenters. The zero-order valence-corrected chi connectivity index (χ0v) is 10.6. The Kier molecular flexibility index (Phi) is 4.66. The van der Waals surface area contributed by atoms with Crippen LogP contribution in [0.2, 0.25) is 0 Å². The fourth-order valence-electron chi connectivity index (χ4n) is 2.02. The standard InChI is InChI=1S/C12H17N5O2/c18-11(9-6-4-2-1-3-5-7-9)15-16-12(19)10-8-13-17-14-10/h1-2,8-9H,3-7H2,(H,15,18)(H,16,19)(H,13,14,17)/b2-1-. The van der Waals surface area contributed by atoms with E-state index in [1.807, 2.05) is 0 Å². The lowest BCUT2D eigenvalue weighted by molar-refractivity contribution is -0.126. The van der Waals surface area contributed by atoms with Crippen LogP contribution < -0.4 is 10.9 Å². The third kappa shape index (κ3) is 3.90. The van der Waals surface area contributed by atoms with Gasteiger partial charge in [0.1, 0.15) is 0 Å². The summed E-state index contributed by atoms with van der Waals surface area (Å²) in [6, 6.07) is 0. The molecule has 1 aromatic rings. The molecule has 0 aliphatic heterocycles. The fourth-order valence-corrected chi connectivity index (χ4v) is 2.02. The molecule has 3 N–H and O–H groups in total. The zero-order chi connectivity index (χ0) is 13.5. The summed E-state index contributed by atoms with van der Waals surface area (Å²) in [4.78, 5) is 23.5. The number of aromatic amines is 1. The number of aromatic nitrogens is 3. The van der Waals surface area contributed by atoms with Gasteiger partial charge in [0.05, 0.1) is 6.20 Å². The first-order chi connectivity index (χ1) is 9.27. The highest BCUT2D eigenvalue weighted by Crippen LogP contribution is 2.18. The molecule has 2 rings (SSSR count). The molecule has 1 aromatic heterocycles. The van der Waals surface area contributed by atoms with Gasteiger partial charge in [-0.25, -0.2) is 0 Å². The number of nitrogens with one attached hydrogen (secondary N) is 3. The maximum Gasteiger partial charge on any atom is 0.291 e. The average Bonchev–Trinajstić information content (AvgIpc) is 2.89. The molecule has 1 unspecified atom stereocenters. The van der Waals surface area contributed by atoms with Crippen LogP contribution in [-0.4, -0.2) is 27.2 Å². The fraction of sp³-hybridized carbons (Fsp3) is 0.500. The van der Waals surface area contributed by atoms with E-state index in [1.165, 1.54) is 6.20 Å². The number of nitrogens with zero attached hydrogens (tertiary/aromatic N) is 2. The summed E-state index contributed by atoms with van der Waals surface area (Å²) in [5, 5.41) is 9.49. The summed E-state index contributed by atoms with van der Waals surface area (Å²) in [5.74, 6) is -0.678. The Hall–Kier alpha value is -2.18. The van der Waals surface area contributed by atoms with Gasteiger partial charge in [-0.2, -0.15) is 15.4 Å². The number of H-pyrrole nitrogens is 1. The van der Waals surface area contributed by atoms with Crippen LogP contribution in [0.15, 0.2) is 18.3 Å². The number of amides is 2. The Bertz CT molecular complexity index is 455. The van der Waals surface area contributed by atoms with E-state index in [0.717, 1.165) is 32.1 Å². The largest absolute Gasteiger partial charge is 0.291 e. The predicted molar refractivity (Wildman–Crippen MR) is 67.7 cm³/mol. The van der Waals surface area contributed by atoms with Crippen molar-refractivity contribution in [1.29, 1.82) is 0 Å². The number of hydrogen-bond donors (Lipinski definition) is 3. The van der Waals surface area contributed by atoms with Crippen molar-refractivity contribution in [2.75, 3.05) is 0 Å². The van der Waals surface area contributed by atoms with Crippen molar-refractivity contribution >= 4 is 11.8 Å². The van der Waals surface area contributed by atoms with E-state index in [-0.39, 0.29) is 17.5 Å². The van der Waals surface area contributed by atoms with Crippen molar-refractivity contribution in [3.05, 3.63) is 24.0 Å². The molecule has 1 aliphatic carbocycles. The third-order valence-electron chi connectivity index (χ3n) is 3.09. The lowest BCUT2D eigenvalue weighted by Gasteiger charge is -2.17. The van der Waals surface area contributed by atoms with Crippen LogP contribution in [0.25, 0.3) is 0 Å². The van der Waals surface area contributed by atoms with Gasteiger partial charge < -0.3 is 0 Å². The van der Waals surface area contributed by atoms with Crippen molar-refractivity contribution in [2.24, 2.45) is 5.92 Å². The van der Waals surface area contributed by atoms with E-state index in [0.29, 0.717) is 0 Å². The average molecular weight is 263 g/mol. The number of rotatable bonds is 2. The van der Waals surface area contributed by atoms with Gasteiger partial charge in [0, 0.05) is 5.92 Å². The van der Waals surface area contributed by atoms with Crippen LogP contribution in [-0.2, 0) is 4.79 Å². The minimum absolute atomic E-state index is 0.0532. The first-order valence-electron chi connectivity index (χ1n) is 6.38. The molecule has 7 heteroatoms. The van der Waals surface area contributed by atoms with E-state index in [2.05, 4.69) is 38.4 Å². The Morgan fingerprint density at radius 1 is 1.21 bits per heavy atom. The Balaban J connectivity index is 1.80. The second-order valence-corrected chi connectivity index (χ2v) is 4.48. The molecule has 0 saturated carbocycles. The summed E-state index contributed by atoms with van der Waals surface area (Å²) in [6.45, 7) is 0. The molecule has 0 aromatic carbocycles. The van der Waals surface area contributed by atoms with Crippen molar-refractivity contribution < 1.29 is 9.59 Å². The molecule has 0 bridgehead atoms. The molecule has 1 heterocycles. The molecule has 102 valence electrons.